The summed E-state index contributed by atoms with van der Waals surface area (Å²) >= 11 is 1.79. The Labute approximate surface area is 120 Å². The lowest BCUT2D eigenvalue weighted by atomic mass is 10.2. The molecule has 0 aliphatic heterocycles. The first-order chi connectivity index (χ1) is 9.29. The van der Waals surface area contributed by atoms with E-state index in [9.17, 15) is 0 Å². The summed E-state index contributed by atoms with van der Waals surface area (Å²) in [5, 5.41) is 8.91. The van der Waals surface area contributed by atoms with Crippen molar-refractivity contribution in [3.63, 3.8) is 0 Å². The van der Waals surface area contributed by atoms with Gasteiger partial charge in [0.1, 0.15) is 0 Å². The summed E-state index contributed by atoms with van der Waals surface area (Å²) in [6.45, 7) is 6.13. The Morgan fingerprint density at radius 1 is 1.53 bits per heavy atom. The topological polar surface area (TPSA) is 36.4 Å². The van der Waals surface area contributed by atoms with E-state index in [-0.39, 0.29) is 0 Å². The van der Waals surface area contributed by atoms with Crippen LogP contribution in [-0.2, 0) is 0 Å². The molecular formula is C15H25N3S. The highest BCUT2D eigenvalue weighted by Crippen LogP contribution is 2.33. The van der Waals surface area contributed by atoms with E-state index < -0.39 is 0 Å². The fraction of sp³-hybridized carbons (Fsp3) is 0.667. The van der Waals surface area contributed by atoms with Crippen molar-refractivity contribution in [2.24, 2.45) is 10.9 Å². The summed E-state index contributed by atoms with van der Waals surface area (Å²) < 4.78 is 0. The maximum absolute atomic E-state index is 4.66. The molecule has 2 rings (SSSR count). The number of aliphatic imine (C=N–C) groups is 1. The quantitative estimate of drug-likeness (QED) is 0.455. The van der Waals surface area contributed by atoms with Gasteiger partial charge in [-0.15, -0.1) is 11.3 Å². The van der Waals surface area contributed by atoms with Gasteiger partial charge in [-0.2, -0.15) is 0 Å². The van der Waals surface area contributed by atoms with Gasteiger partial charge in [-0.1, -0.05) is 18.9 Å². The third-order valence-electron chi connectivity index (χ3n) is 3.40. The summed E-state index contributed by atoms with van der Waals surface area (Å²) in [5.41, 5.74) is 0. The molecule has 2 N–H and O–H groups in total. The molecule has 19 heavy (non-hydrogen) atoms. The van der Waals surface area contributed by atoms with E-state index >= 15 is 0 Å². The first-order valence-corrected chi connectivity index (χ1v) is 8.25. The number of guanidine groups is 1. The molecule has 0 radical (unpaired) electrons. The highest BCUT2D eigenvalue weighted by molar-refractivity contribution is 7.10. The van der Waals surface area contributed by atoms with E-state index in [4.69, 9.17) is 0 Å². The number of hydrogen-bond donors (Lipinski definition) is 2. The van der Waals surface area contributed by atoms with E-state index in [1.165, 1.54) is 30.6 Å². The minimum absolute atomic E-state index is 0.321. The SMILES string of the molecule is CCNC(=NCCCC1CC1)NC(C)c1cccs1. The van der Waals surface area contributed by atoms with Crippen LogP contribution in [0.25, 0.3) is 0 Å². The fourth-order valence-corrected chi connectivity index (χ4v) is 2.85. The van der Waals surface area contributed by atoms with Crippen LogP contribution >= 0.6 is 11.3 Å². The molecule has 0 amide bonds. The van der Waals surface area contributed by atoms with Crippen LogP contribution < -0.4 is 10.6 Å². The third-order valence-corrected chi connectivity index (χ3v) is 4.46. The monoisotopic (exact) mass is 279 g/mol. The predicted molar refractivity (Wildman–Crippen MR) is 83.8 cm³/mol. The molecule has 1 heterocycles. The van der Waals surface area contributed by atoms with Gasteiger partial charge in [0, 0.05) is 18.0 Å². The van der Waals surface area contributed by atoms with Gasteiger partial charge in [-0.3, -0.25) is 4.99 Å². The number of rotatable bonds is 7. The molecule has 1 aliphatic rings. The molecule has 3 nitrogen and oxygen atoms in total. The Bertz CT molecular complexity index is 382. The van der Waals surface area contributed by atoms with Crippen molar-refractivity contribution in [3.8, 4) is 0 Å². The largest absolute Gasteiger partial charge is 0.357 e. The lowest BCUT2D eigenvalue weighted by molar-refractivity contribution is 0.660. The van der Waals surface area contributed by atoms with Crippen molar-refractivity contribution in [3.05, 3.63) is 22.4 Å². The molecule has 0 saturated heterocycles. The zero-order valence-electron chi connectivity index (χ0n) is 12.0. The van der Waals surface area contributed by atoms with E-state index in [2.05, 4.69) is 47.0 Å². The van der Waals surface area contributed by atoms with Crippen molar-refractivity contribution >= 4 is 17.3 Å². The van der Waals surface area contributed by atoms with Crippen LogP contribution in [0.15, 0.2) is 22.5 Å². The number of nitrogens with zero attached hydrogens (tertiary/aromatic N) is 1. The summed E-state index contributed by atoms with van der Waals surface area (Å²) in [6, 6.07) is 4.58. The molecule has 1 aliphatic carbocycles. The molecule has 4 heteroatoms. The Morgan fingerprint density at radius 2 is 2.37 bits per heavy atom. The maximum Gasteiger partial charge on any atom is 0.191 e. The summed E-state index contributed by atoms with van der Waals surface area (Å²) in [6.07, 6.45) is 5.45. The maximum atomic E-state index is 4.66. The van der Waals surface area contributed by atoms with Gasteiger partial charge in [0.05, 0.1) is 6.04 Å². The molecule has 1 unspecified atom stereocenters. The van der Waals surface area contributed by atoms with Crippen molar-refractivity contribution in [2.75, 3.05) is 13.1 Å². The smallest absolute Gasteiger partial charge is 0.191 e. The molecule has 106 valence electrons. The molecule has 1 saturated carbocycles. The number of nitrogens with one attached hydrogen (secondary N) is 2. The van der Waals surface area contributed by atoms with E-state index in [0.29, 0.717) is 6.04 Å². The molecular weight excluding hydrogens is 254 g/mol. The Kier molecular flexibility index (Phi) is 5.70. The second kappa shape index (κ2) is 7.53. The summed E-state index contributed by atoms with van der Waals surface area (Å²) in [4.78, 5) is 6.01. The van der Waals surface area contributed by atoms with Gasteiger partial charge in [0.25, 0.3) is 0 Å². The molecule has 1 aromatic heterocycles. The Hall–Kier alpha value is -1.03. The van der Waals surface area contributed by atoms with E-state index in [0.717, 1.165) is 25.0 Å². The van der Waals surface area contributed by atoms with Crippen LogP contribution in [0.3, 0.4) is 0 Å². The third kappa shape index (κ3) is 5.23. The first kappa shape index (κ1) is 14.4. The summed E-state index contributed by atoms with van der Waals surface area (Å²) in [5.74, 6) is 1.95. The van der Waals surface area contributed by atoms with Gasteiger partial charge in [0.15, 0.2) is 5.96 Å². The average Bonchev–Trinajstić information content (AvgIpc) is 3.05. The fourth-order valence-electron chi connectivity index (χ4n) is 2.11. The second-order valence-electron chi connectivity index (χ2n) is 5.23. The lowest BCUT2D eigenvalue weighted by Gasteiger charge is -2.16. The van der Waals surface area contributed by atoms with Crippen molar-refractivity contribution in [1.29, 1.82) is 0 Å². The van der Waals surface area contributed by atoms with E-state index in [1.54, 1.807) is 11.3 Å². The highest BCUT2D eigenvalue weighted by Gasteiger charge is 2.19. The highest BCUT2D eigenvalue weighted by atomic mass is 32.1. The van der Waals surface area contributed by atoms with Crippen molar-refractivity contribution in [2.45, 2.75) is 45.6 Å². The standard InChI is InChI=1S/C15H25N3S/c1-3-16-15(17-10-4-6-13-8-9-13)18-12(2)14-7-5-11-19-14/h5,7,11-13H,3-4,6,8-10H2,1-2H3,(H2,16,17,18). The zero-order chi connectivity index (χ0) is 13.5. The van der Waals surface area contributed by atoms with Gasteiger partial charge in [-0.05, 0) is 44.1 Å². The average molecular weight is 279 g/mol. The van der Waals surface area contributed by atoms with Gasteiger partial charge in [0.2, 0.25) is 0 Å². The van der Waals surface area contributed by atoms with Crippen LogP contribution in [0.1, 0.15) is 50.4 Å². The Balaban J connectivity index is 1.78. The molecule has 0 spiro atoms. The van der Waals surface area contributed by atoms with Crippen LogP contribution in [0.5, 0.6) is 0 Å². The minimum Gasteiger partial charge on any atom is -0.357 e. The first-order valence-electron chi connectivity index (χ1n) is 7.38. The minimum atomic E-state index is 0.321. The summed E-state index contributed by atoms with van der Waals surface area (Å²) in [7, 11) is 0. The van der Waals surface area contributed by atoms with Crippen molar-refractivity contribution < 1.29 is 0 Å². The Morgan fingerprint density at radius 3 is 3.00 bits per heavy atom. The van der Waals surface area contributed by atoms with Gasteiger partial charge < -0.3 is 10.6 Å². The lowest BCUT2D eigenvalue weighted by Crippen LogP contribution is -2.38. The molecule has 0 aromatic carbocycles. The number of hydrogen-bond acceptors (Lipinski definition) is 2. The molecule has 0 bridgehead atoms. The van der Waals surface area contributed by atoms with Gasteiger partial charge >= 0.3 is 0 Å². The second-order valence-corrected chi connectivity index (χ2v) is 6.21. The normalized spacial score (nSPS) is 17.3. The molecule has 1 atom stereocenters. The van der Waals surface area contributed by atoms with Crippen LogP contribution in [0.2, 0.25) is 0 Å². The zero-order valence-corrected chi connectivity index (χ0v) is 12.8. The van der Waals surface area contributed by atoms with Crippen LogP contribution in [-0.4, -0.2) is 19.0 Å². The van der Waals surface area contributed by atoms with Crippen LogP contribution in [0, 0.1) is 5.92 Å². The predicted octanol–water partition coefficient (Wildman–Crippen LogP) is 3.55. The van der Waals surface area contributed by atoms with E-state index in [1.807, 2.05) is 0 Å². The number of thiophene rings is 1. The van der Waals surface area contributed by atoms with Crippen LogP contribution in [0.4, 0.5) is 0 Å². The molecule has 1 fully saturated rings. The van der Waals surface area contributed by atoms with Gasteiger partial charge in [-0.25, -0.2) is 0 Å². The van der Waals surface area contributed by atoms with Crippen molar-refractivity contribution in [1.82, 2.24) is 10.6 Å². The molecule has 1 aromatic rings.